The van der Waals surface area contributed by atoms with Crippen molar-refractivity contribution in [2.75, 3.05) is 18.5 Å². The lowest BCUT2D eigenvalue weighted by atomic mass is 10.3. The lowest BCUT2D eigenvalue weighted by molar-refractivity contribution is -0.384. The molecule has 0 radical (unpaired) electrons. The molecule has 0 saturated carbocycles. The monoisotopic (exact) mass is 181 g/mol. The van der Waals surface area contributed by atoms with Gasteiger partial charge in [0.25, 0.3) is 0 Å². The molecule has 0 atom stereocenters. The van der Waals surface area contributed by atoms with Gasteiger partial charge in [0.2, 0.25) is 0 Å². The van der Waals surface area contributed by atoms with Gasteiger partial charge in [-0.1, -0.05) is 0 Å². The molecule has 0 spiro atoms. The summed E-state index contributed by atoms with van der Waals surface area (Å²) < 4.78 is 0. The molecule has 0 aliphatic heterocycles. The van der Waals surface area contributed by atoms with E-state index >= 15 is 0 Å². The summed E-state index contributed by atoms with van der Waals surface area (Å²) in [5.41, 5.74) is 0.648. The molecule has 1 rings (SSSR count). The van der Waals surface area contributed by atoms with E-state index in [1.54, 1.807) is 17.2 Å². The lowest BCUT2D eigenvalue weighted by Gasteiger charge is -2.15. The Bertz CT molecular complexity index is 314. The summed E-state index contributed by atoms with van der Waals surface area (Å²) in [5, 5.41) is 10.6. The quantitative estimate of drug-likeness (QED) is 0.523. The van der Waals surface area contributed by atoms with Crippen molar-refractivity contribution < 1.29 is 4.92 Å². The molecule has 0 aliphatic carbocycles. The molecule has 13 heavy (non-hydrogen) atoms. The fourth-order valence-electron chi connectivity index (χ4n) is 1.01. The zero-order valence-corrected chi connectivity index (χ0v) is 7.60. The normalized spacial score (nSPS) is 9.69. The van der Waals surface area contributed by atoms with E-state index in [0.717, 1.165) is 6.54 Å². The summed E-state index contributed by atoms with van der Waals surface area (Å²) in [5.74, 6) is 0. The number of aromatic nitrogens is 1. The van der Waals surface area contributed by atoms with Crippen LogP contribution in [0.25, 0.3) is 0 Å². The van der Waals surface area contributed by atoms with E-state index in [2.05, 4.69) is 4.98 Å². The summed E-state index contributed by atoms with van der Waals surface area (Å²) in [4.78, 5) is 15.7. The number of nitrogens with zero attached hydrogens (tertiary/aromatic N) is 3. The zero-order valence-electron chi connectivity index (χ0n) is 7.60. The van der Waals surface area contributed by atoms with Crippen LogP contribution < -0.4 is 4.90 Å². The van der Waals surface area contributed by atoms with Crippen LogP contribution in [0.1, 0.15) is 6.92 Å². The second kappa shape index (κ2) is 3.84. The third kappa shape index (κ3) is 1.93. The maximum absolute atomic E-state index is 10.6. The number of rotatable bonds is 3. The third-order valence-electron chi connectivity index (χ3n) is 1.86. The van der Waals surface area contributed by atoms with Crippen molar-refractivity contribution in [1.29, 1.82) is 0 Å². The van der Waals surface area contributed by atoms with Crippen molar-refractivity contribution in [2.24, 2.45) is 0 Å². The number of pyridine rings is 1. The van der Waals surface area contributed by atoms with Crippen molar-refractivity contribution >= 4 is 11.4 Å². The van der Waals surface area contributed by atoms with Crippen LogP contribution >= 0.6 is 0 Å². The maximum Gasteiger partial charge on any atom is 0.310 e. The summed E-state index contributed by atoms with van der Waals surface area (Å²) in [6.07, 6.45) is 2.82. The van der Waals surface area contributed by atoms with Gasteiger partial charge in [0.05, 0.1) is 4.92 Å². The van der Waals surface area contributed by atoms with Gasteiger partial charge in [0.1, 0.15) is 11.9 Å². The fourth-order valence-corrected chi connectivity index (χ4v) is 1.01. The smallest absolute Gasteiger partial charge is 0.310 e. The molecule has 1 heterocycles. The molecule has 1 aromatic rings. The first-order valence-electron chi connectivity index (χ1n) is 3.96. The molecule has 70 valence electrons. The van der Waals surface area contributed by atoms with E-state index in [0.29, 0.717) is 5.69 Å². The lowest BCUT2D eigenvalue weighted by Crippen LogP contribution is -2.17. The van der Waals surface area contributed by atoms with Crippen LogP contribution in [0.4, 0.5) is 11.4 Å². The Hall–Kier alpha value is -1.65. The zero-order chi connectivity index (χ0) is 9.84. The van der Waals surface area contributed by atoms with Gasteiger partial charge in [-0.15, -0.1) is 0 Å². The van der Waals surface area contributed by atoms with Crippen LogP contribution in [0.15, 0.2) is 18.5 Å². The average Bonchev–Trinajstić information content (AvgIpc) is 2.16. The van der Waals surface area contributed by atoms with Gasteiger partial charge in [-0.3, -0.25) is 15.1 Å². The van der Waals surface area contributed by atoms with Gasteiger partial charge in [-0.05, 0) is 13.0 Å². The first-order chi connectivity index (χ1) is 6.16. The van der Waals surface area contributed by atoms with Crippen LogP contribution in [0.5, 0.6) is 0 Å². The molecule has 0 unspecified atom stereocenters. The van der Waals surface area contributed by atoms with Gasteiger partial charge in [0, 0.05) is 19.8 Å². The number of hydrogen-bond acceptors (Lipinski definition) is 4. The number of anilines is 1. The van der Waals surface area contributed by atoms with Crippen molar-refractivity contribution in [3.8, 4) is 0 Å². The van der Waals surface area contributed by atoms with E-state index < -0.39 is 4.92 Å². The standard InChI is InChI=1S/C8H11N3O2/c1-3-10(2)7-4-5-9-6-8(7)11(12)13/h4-6H,3H2,1-2H3. The van der Waals surface area contributed by atoms with Crippen molar-refractivity contribution in [2.45, 2.75) is 6.92 Å². The van der Waals surface area contributed by atoms with Crippen molar-refractivity contribution in [3.05, 3.63) is 28.6 Å². The highest BCUT2D eigenvalue weighted by Crippen LogP contribution is 2.24. The van der Waals surface area contributed by atoms with Crippen LogP contribution in [0.3, 0.4) is 0 Å². The predicted octanol–water partition coefficient (Wildman–Crippen LogP) is 1.45. The molecular weight excluding hydrogens is 170 g/mol. The Balaban J connectivity index is 3.11. The minimum atomic E-state index is -0.422. The van der Waals surface area contributed by atoms with Gasteiger partial charge in [0.15, 0.2) is 0 Å². The minimum Gasteiger partial charge on any atom is -0.369 e. The van der Waals surface area contributed by atoms with E-state index in [9.17, 15) is 10.1 Å². The molecule has 0 aromatic carbocycles. The SMILES string of the molecule is CCN(C)c1ccncc1[N+](=O)[O-]. The molecular formula is C8H11N3O2. The first-order valence-corrected chi connectivity index (χ1v) is 3.96. The highest BCUT2D eigenvalue weighted by molar-refractivity contribution is 5.60. The molecule has 0 saturated heterocycles. The van der Waals surface area contributed by atoms with Crippen LogP contribution in [0.2, 0.25) is 0 Å². The Labute approximate surface area is 76.2 Å². The largest absolute Gasteiger partial charge is 0.369 e. The molecule has 0 amide bonds. The highest BCUT2D eigenvalue weighted by atomic mass is 16.6. The summed E-state index contributed by atoms with van der Waals surface area (Å²) in [6, 6.07) is 1.64. The molecule has 0 aliphatic rings. The summed E-state index contributed by atoms with van der Waals surface area (Å²) >= 11 is 0. The van der Waals surface area contributed by atoms with Gasteiger partial charge < -0.3 is 4.90 Å². The van der Waals surface area contributed by atoms with E-state index in [-0.39, 0.29) is 5.69 Å². The molecule has 5 nitrogen and oxygen atoms in total. The van der Waals surface area contributed by atoms with E-state index in [1.165, 1.54) is 6.20 Å². The highest BCUT2D eigenvalue weighted by Gasteiger charge is 2.15. The average molecular weight is 181 g/mol. The Morgan fingerprint density at radius 2 is 2.38 bits per heavy atom. The van der Waals surface area contributed by atoms with E-state index in [1.807, 2.05) is 14.0 Å². The van der Waals surface area contributed by atoms with Gasteiger partial charge in [-0.25, -0.2) is 0 Å². The summed E-state index contributed by atoms with van der Waals surface area (Å²) in [7, 11) is 1.81. The third-order valence-corrected chi connectivity index (χ3v) is 1.86. The van der Waals surface area contributed by atoms with Crippen LogP contribution in [-0.2, 0) is 0 Å². The van der Waals surface area contributed by atoms with Gasteiger partial charge in [-0.2, -0.15) is 0 Å². The maximum atomic E-state index is 10.6. The molecule has 5 heteroatoms. The Morgan fingerprint density at radius 3 is 2.92 bits per heavy atom. The Kier molecular flexibility index (Phi) is 2.79. The van der Waals surface area contributed by atoms with Crippen molar-refractivity contribution in [3.63, 3.8) is 0 Å². The second-order valence-electron chi connectivity index (χ2n) is 2.64. The van der Waals surface area contributed by atoms with Crippen LogP contribution in [0, 0.1) is 10.1 Å². The van der Waals surface area contributed by atoms with Gasteiger partial charge >= 0.3 is 5.69 Å². The number of hydrogen-bond donors (Lipinski definition) is 0. The molecule has 1 aromatic heterocycles. The second-order valence-corrected chi connectivity index (χ2v) is 2.64. The number of nitro groups is 1. The van der Waals surface area contributed by atoms with Crippen molar-refractivity contribution in [1.82, 2.24) is 4.98 Å². The van der Waals surface area contributed by atoms with Crippen LogP contribution in [-0.4, -0.2) is 23.5 Å². The first kappa shape index (κ1) is 9.44. The fraction of sp³-hybridized carbons (Fsp3) is 0.375. The molecule has 0 fully saturated rings. The molecule has 0 bridgehead atoms. The van der Waals surface area contributed by atoms with E-state index in [4.69, 9.17) is 0 Å². The predicted molar refractivity (Wildman–Crippen MR) is 49.8 cm³/mol. The Morgan fingerprint density at radius 1 is 1.69 bits per heavy atom. The topological polar surface area (TPSA) is 59.3 Å². The molecule has 0 N–H and O–H groups in total. The minimum absolute atomic E-state index is 0.0480. The summed E-state index contributed by atoms with van der Waals surface area (Å²) in [6.45, 7) is 2.66.